The smallest absolute Gasteiger partial charge is 0.265 e. The summed E-state index contributed by atoms with van der Waals surface area (Å²) in [6.07, 6.45) is 5.34. The molecule has 1 unspecified atom stereocenters. The van der Waals surface area contributed by atoms with Crippen molar-refractivity contribution in [2.45, 2.75) is 50.6 Å². The zero-order valence-corrected chi connectivity index (χ0v) is 13.2. The quantitative estimate of drug-likeness (QED) is 0.782. The highest BCUT2D eigenvalue weighted by atomic mass is 32.1. The topological polar surface area (TPSA) is 97.3 Å². The van der Waals surface area contributed by atoms with Crippen molar-refractivity contribution in [3.63, 3.8) is 0 Å². The van der Waals surface area contributed by atoms with Gasteiger partial charge in [-0.3, -0.25) is 4.79 Å². The number of nitrogens with one attached hydrogen (secondary N) is 1. The number of hydrogen-bond acceptors (Lipinski definition) is 6. The number of nitrogen functional groups attached to an aromatic ring is 1. The van der Waals surface area contributed by atoms with E-state index in [-0.39, 0.29) is 17.5 Å². The predicted molar refractivity (Wildman–Crippen MR) is 85.7 cm³/mol. The Balaban J connectivity index is 1.73. The van der Waals surface area contributed by atoms with Gasteiger partial charge in [0.05, 0.1) is 0 Å². The molecule has 0 radical (unpaired) electrons. The van der Waals surface area contributed by atoms with E-state index < -0.39 is 0 Å². The van der Waals surface area contributed by atoms with Crippen molar-refractivity contribution < 1.29 is 4.79 Å². The summed E-state index contributed by atoms with van der Waals surface area (Å²) in [5.74, 6) is 0.231. The molecule has 3 rings (SSSR count). The molecule has 2 fully saturated rings. The molecule has 0 bridgehead atoms. The summed E-state index contributed by atoms with van der Waals surface area (Å²) in [5, 5.41) is 3.89. The zero-order valence-electron chi connectivity index (χ0n) is 12.4. The lowest BCUT2D eigenvalue weighted by atomic mass is 9.78. The molecule has 5 N–H and O–H groups in total. The maximum Gasteiger partial charge on any atom is 0.265 e. The first kappa shape index (κ1) is 14.6. The van der Waals surface area contributed by atoms with Gasteiger partial charge in [0.1, 0.15) is 10.7 Å². The summed E-state index contributed by atoms with van der Waals surface area (Å²) in [7, 11) is 0. The third kappa shape index (κ3) is 2.98. The van der Waals surface area contributed by atoms with Crippen LogP contribution in [-0.2, 0) is 0 Å². The van der Waals surface area contributed by atoms with Crippen LogP contribution in [0.5, 0.6) is 0 Å². The summed E-state index contributed by atoms with van der Waals surface area (Å²) >= 11 is 1.37. The van der Waals surface area contributed by atoms with Crippen LogP contribution < -0.4 is 21.7 Å². The Labute approximate surface area is 128 Å². The number of thiazole rings is 1. The van der Waals surface area contributed by atoms with E-state index in [1.54, 1.807) is 0 Å². The van der Waals surface area contributed by atoms with Crippen LogP contribution in [-0.4, -0.2) is 35.6 Å². The van der Waals surface area contributed by atoms with E-state index >= 15 is 0 Å². The molecule has 116 valence electrons. The van der Waals surface area contributed by atoms with Crippen LogP contribution in [0.3, 0.4) is 0 Å². The number of rotatable bonds is 3. The maximum atomic E-state index is 12.4. The van der Waals surface area contributed by atoms with Crippen molar-refractivity contribution in [3.05, 3.63) is 4.88 Å². The molecule has 1 saturated heterocycles. The molecule has 1 aliphatic heterocycles. The number of hydrogen-bond donors (Lipinski definition) is 3. The average molecular weight is 309 g/mol. The van der Waals surface area contributed by atoms with Crippen LogP contribution >= 0.6 is 11.3 Å². The van der Waals surface area contributed by atoms with Gasteiger partial charge in [0.2, 0.25) is 0 Å². The lowest BCUT2D eigenvalue weighted by molar-refractivity contribution is 0.0855. The van der Waals surface area contributed by atoms with Crippen LogP contribution in [0.2, 0.25) is 0 Å². The van der Waals surface area contributed by atoms with Crippen LogP contribution in [0.25, 0.3) is 0 Å². The fraction of sp³-hybridized carbons (Fsp3) is 0.714. The summed E-state index contributed by atoms with van der Waals surface area (Å²) in [5.41, 5.74) is 11.9. The second-order valence-electron chi connectivity index (χ2n) is 6.43. The summed E-state index contributed by atoms with van der Waals surface area (Å²) < 4.78 is 0. The van der Waals surface area contributed by atoms with E-state index in [1.807, 2.05) is 0 Å². The molecule has 2 heterocycles. The van der Waals surface area contributed by atoms with Gasteiger partial charge in [0.15, 0.2) is 5.13 Å². The van der Waals surface area contributed by atoms with Gasteiger partial charge >= 0.3 is 0 Å². The van der Waals surface area contributed by atoms with Gasteiger partial charge in [-0.25, -0.2) is 4.98 Å². The minimum Gasteiger partial charge on any atom is -0.382 e. The Kier molecular flexibility index (Phi) is 3.79. The van der Waals surface area contributed by atoms with Crippen LogP contribution in [0.1, 0.15) is 48.7 Å². The minimum atomic E-state index is -0.0974. The van der Waals surface area contributed by atoms with E-state index in [9.17, 15) is 4.79 Å². The van der Waals surface area contributed by atoms with Gasteiger partial charge in [-0.2, -0.15) is 0 Å². The minimum absolute atomic E-state index is 0.0683. The third-order valence-corrected chi connectivity index (χ3v) is 5.58. The molecule has 1 atom stereocenters. The van der Waals surface area contributed by atoms with E-state index in [4.69, 9.17) is 11.5 Å². The van der Waals surface area contributed by atoms with Crippen LogP contribution in [0.4, 0.5) is 10.9 Å². The number of amides is 1. The van der Waals surface area contributed by atoms with Crippen molar-refractivity contribution in [2.24, 2.45) is 5.73 Å². The molecule has 0 aromatic carbocycles. The number of carbonyl (C=O) groups is 1. The van der Waals surface area contributed by atoms with Crippen molar-refractivity contribution in [1.82, 2.24) is 10.3 Å². The van der Waals surface area contributed by atoms with Crippen LogP contribution in [0, 0.1) is 0 Å². The van der Waals surface area contributed by atoms with E-state index in [0.717, 1.165) is 43.9 Å². The van der Waals surface area contributed by atoms with Gasteiger partial charge in [-0.05, 0) is 39.0 Å². The zero-order chi connectivity index (χ0) is 15.0. The van der Waals surface area contributed by atoms with E-state index in [2.05, 4.69) is 22.1 Å². The Morgan fingerprint density at radius 1 is 1.48 bits per heavy atom. The number of aromatic nitrogens is 1. The highest BCUT2D eigenvalue weighted by Gasteiger charge is 2.34. The monoisotopic (exact) mass is 309 g/mol. The molecule has 0 spiro atoms. The van der Waals surface area contributed by atoms with Gasteiger partial charge < -0.3 is 21.7 Å². The summed E-state index contributed by atoms with van der Waals surface area (Å²) in [6.45, 7) is 3.79. The Bertz CT molecular complexity index is 539. The first-order chi connectivity index (χ1) is 9.97. The highest BCUT2D eigenvalue weighted by molar-refractivity contribution is 7.18. The highest BCUT2D eigenvalue weighted by Crippen LogP contribution is 2.34. The second kappa shape index (κ2) is 5.46. The normalized spacial score (nSPS) is 24.5. The van der Waals surface area contributed by atoms with Crippen molar-refractivity contribution >= 4 is 28.2 Å². The Morgan fingerprint density at radius 2 is 2.24 bits per heavy atom. The SMILES string of the molecule is CC1(NC(=O)c2sc(N3CCCC(N)C3)nc2N)CCC1. The third-order valence-electron chi connectivity index (χ3n) is 4.45. The number of piperidine rings is 1. The van der Waals surface area contributed by atoms with Gasteiger partial charge in [0.25, 0.3) is 5.91 Å². The fourth-order valence-electron chi connectivity index (χ4n) is 2.96. The first-order valence-electron chi connectivity index (χ1n) is 7.56. The molecule has 7 heteroatoms. The number of carbonyl (C=O) groups excluding carboxylic acids is 1. The number of nitrogens with two attached hydrogens (primary N) is 2. The summed E-state index contributed by atoms with van der Waals surface area (Å²) in [4.78, 5) is 19.4. The average Bonchev–Trinajstić information content (AvgIpc) is 2.79. The predicted octanol–water partition coefficient (Wildman–Crippen LogP) is 1.33. The number of nitrogens with zero attached hydrogens (tertiary/aromatic N) is 2. The molecule has 2 aliphatic rings. The number of anilines is 2. The Morgan fingerprint density at radius 3 is 2.86 bits per heavy atom. The maximum absolute atomic E-state index is 12.4. The molecule has 1 amide bonds. The fourth-order valence-corrected chi connectivity index (χ4v) is 3.88. The molecular weight excluding hydrogens is 286 g/mol. The standard InChI is InChI=1S/C14H23N5OS/c1-14(5-3-6-14)18-12(20)10-11(16)17-13(21-10)19-7-2-4-9(15)8-19/h9H,2-8,15-16H2,1H3,(H,18,20). The molecule has 21 heavy (non-hydrogen) atoms. The Hall–Kier alpha value is -1.34. The molecular formula is C14H23N5OS. The molecule has 1 aromatic heterocycles. The van der Waals surface area contributed by atoms with Gasteiger partial charge in [0, 0.05) is 24.7 Å². The van der Waals surface area contributed by atoms with Crippen molar-refractivity contribution in [2.75, 3.05) is 23.7 Å². The van der Waals surface area contributed by atoms with Gasteiger partial charge in [-0.1, -0.05) is 11.3 Å². The van der Waals surface area contributed by atoms with E-state index in [0.29, 0.717) is 10.7 Å². The first-order valence-corrected chi connectivity index (χ1v) is 8.38. The molecule has 1 aromatic rings. The van der Waals surface area contributed by atoms with E-state index in [1.165, 1.54) is 17.8 Å². The summed E-state index contributed by atoms with van der Waals surface area (Å²) in [6, 6.07) is 0.176. The molecule has 1 saturated carbocycles. The van der Waals surface area contributed by atoms with Gasteiger partial charge in [-0.15, -0.1) is 0 Å². The largest absolute Gasteiger partial charge is 0.382 e. The van der Waals surface area contributed by atoms with Crippen LogP contribution in [0.15, 0.2) is 0 Å². The lowest BCUT2D eigenvalue weighted by Crippen LogP contribution is -2.50. The van der Waals surface area contributed by atoms with Crippen molar-refractivity contribution in [1.29, 1.82) is 0 Å². The van der Waals surface area contributed by atoms with Crippen molar-refractivity contribution in [3.8, 4) is 0 Å². The second-order valence-corrected chi connectivity index (χ2v) is 7.40. The molecule has 6 nitrogen and oxygen atoms in total. The lowest BCUT2D eigenvalue weighted by Gasteiger charge is -2.38. The molecule has 1 aliphatic carbocycles.